The Morgan fingerprint density at radius 2 is 1.75 bits per heavy atom. The molecule has 2 aromatic carbocycles. The molecule has 0 unspecified atom stereocenters. The molecule has 1 saturated heterocycles. The predicted molar refractivity (Wildman–Crippen MR) is 111 cm³/mol. The Bertz CT molecular complexity index is 887. The number of benzene rings is 2. The monoisotopic (exact) mass is 512 g/mol. The van der Waals surface area contributed by atoms with Gasteiger partial charge in [-0.05, 0) is 46.6 Å². The Morgan fingerprint density at radius 3 is 2.46 bits per heavy atom. The minimum Gasteiger partial charge on any atom is -0.508 e. The number of carbonyl (C=O) groups excluding carboxylic acids is 2. The molecule has 2 amide bonds. The molecule has 0 atom stereocenters. The highest BCUT2D eigenvalue weighted by Crippen LogP contribution is 2.24. The van der Waals surface area contributed by atoms with Crippen molar-refractivity contribution >= 4 is 43.7 Å². The van der Waals surface area contributed by atoms with Gasteiger partial charge >= 0.3 is 0 Å². The molecule has 148 valence electrons. The van der Waals surface area contributed by atoms with Crippen molar-refractivity contribution in [2.24, 2.45) is 0 Å². The summed E-state index contributed by atoms with van der Waals surface area (Å²) in [6.45, 7) is 1.66. The fraction of sp³-hybridized carbons (Fsp3) is 0.300. The second-order valence-corrected chi connectivity index (χ2v) is 8.34. The van der Waals surface area contributed by atoms with Gasteiger partial charge in [-0.2, -0.15) is 0 Å². The second kappa shape index (κ2) is 9.05. The fourth-order valence-corrected chi connectivity index (χ4v) is 4.05. The molecule has 8 heteroatoms. The van der Waals surface area contributed by atoms with E-state index >= 15 is 0 Å². The van der Waals surface area contributed by atoms with E-state index in [1.54, 1.807) is 34.1 Å². The number of phenolic OH excluding ortho intramolecular Hbond substituents is 1. The van der Waals surface area contributed by atoms with Crippen LogP contribution in [0.3, 0.4) is 0 Å². The van der Waals surface area contributed by atoms with Crippen molar-refractivity contribution in [3.05, 3.63) is 62.3 Å². The van der Waals surface area contributed by atoms with Gasteiger partial charge in [0.05, 0.1) is 12.0 Å². The minimum atomic E-state index is -0.567. The van der Waals surface area contributed by atoms with Crippen molar-refractivity contribution in [3.63, 3.8) is 0 Å². The van der Waals surface area contributed by atoms with E-state index in [4.69, 9.17) is 0 Å². The minimum absolute atomic E-state index is 0.0158. The molecule has 5 nitrogen and oxygen atoms in total. The lowest BCUT2D eigenvalue weighted by molar-refractivity contribution is -0.130. The number of rotatable bonds is 3. The summed E-state index contributed by atoms with van der Waals surface area (Å²) in [5, 5.41) is 9.99. The third-order valence-corrected chi connectivity index (χ3v) is 5.86. The highest BCUT2D eigenvalue weighted by molar-refractivity contribution is 9.10. The first-order chi connectivity index (χ1) is 13.4. The smallest absolute Gasteiger partial charge is 0.258 e. The van der Waals surface area contributed by atoms with Crippen molar-refractivity contribution in [2.75, 3.05) is 26.2 Å². The van der Waals surface area contributed by atoms with Crippen LogP contribution in [0.1, 0.15) is 22.3 Å². The Labute approximate surface area is 179 Å². The van der Waals surface area contributed by atoms with Crippen LogP contribution in [-0.4, -0.2) is 52.9 Å². The second-order valence-electron chi connectivity index (χ2n) is 6.57. The molecule has 1 heterocycles. The number of nitrogens with zero attached hydrogens (tertiary/aromatic N) is 2. The Hall–Kier alpha value is -1.93. The van der Waals surface area contributed by atoms with Crippen LogP contribution >= 0.6 is 31.9 Å². The van der Waals surface area contributed by atoms with E-state index in [0.717, 1.165) is 4.47 Å². The van der Waals surface area contributed by atoms with Crippen molar-refractivity contribution in [1.82, 2.24) is 9.80 Å². The normalized spacial score (nSPS) is 14.7. The molecule has 0 saturated carbocycles. The van der Waals surface area contributed by atoms with Crippen LogP contribution in [0.5, 0.6) is 5.75 Å². The molecule has 1 aliphatic heterocycles. The van der Waals surface area contributed by atoms with Crippen molar-refractivity contribution in [1.29, 1.82) is 0 Å². The number of phenols is 1. The molecule has 28 heavy (non-hydrogen) atoms. The molecule has 2 aromatic rings. The van der Waals surface area contributed by atoms with Crippen LogP contribution in [0.25, 0.3) is 0 Å². The lowest BCUT2D eigenvalue weighted by Crippen LogP contribution is -2.38. The SMILES string of the molecule is O=C(Cc1ccc(Br)cc1O)N1CCCN(C(=O)c2c(F)cccc2Br)CC1. The van der Waals surface area contributed by atoms with E-state index in [0.29, 0.717) is 42.6 Å². The van der Waals surface area contributed by atoms with Crippen LogP contribution in [-0.2, 0) is 11.2 Å². The zero-order chi connectivity index (χ0) is 20.3. The summed E-state index contributed by atoms with van der Waals surface area (Å²) >= 11 is 6.51. The topological polar surface area (TPSA) is 60.9 Å². The van der Waals surface area contributed by atoms with E-state index in [-0.39, 0.29) is 29.5 Å². The van der Waals surface area contributed by atoms with Gasteiger partial charge in [-0.25, -0.2) is 4.39 Å². The summed E-state index contributed by atoms with van der Waals surface area (Å²) < 4.78 is 15.3. The van der Waals surface area contributed by atoms with Crippen LogP contribution in [0.15, 0.2) is 45.3 Å². The summed E-state index contributed by atoms with van der Waals surface area (Å²) in [4.78, 5) is 28.7. The molecule has 0 aromatic heterocycles. The van der Waals surface area contributed by atoms with Gasteiger partial charge < -0.3 is 14.9 Å². The van der Waals surface area contributed by atoms with Gasteiger partial charge in [-0.3, -0.25) is 9.59 Å². The maximum Gasteiger partial charge on any atom is 0.258 e. The summed E-state index contributed by atoms with van der Waals surface area (Å²) in [6, 6.07) is 9.47. The maximum absolute atomic E-state index is 14.1. The summed E-state index contributed by atoms with van der Waals surface area (Å²) in [6.07, 6.45) is 0.696. The van der Waals surface area contributed by atoms with Gasteiger partial charge in [0.2, 0.25) is 5.91 Å². The van der Waals surface area contributed by atoms with Crippen molar-refractivity contribution in [3.8, 4) is 5.75 Å². The van der Waals surface area contributed by atoms with Gasteiger partial charge in [0, 0.05) is 40.7 Å². The summed E-state index contributed by atoms with van der Waals surface area (Å²) in [5.41, 5.74) is 0.572. The Kier molecular flexibility index (Phi) is 6.72. The molecule has 1 fully saturated rings. The van der Waals surface area contributed by atoms with Gasteiger partial charge in [0.25, 0.3) is 5.91 Å². The average molecular weight is 514 g/mol. The van der Waals surface area contributed by atoms with Gasteiger partial charge in [0.1, 0.15) is 11.6 Å². The summed E-state index contributed by atoms with van der Waals surface area (Å²) in [5.74, 6) is -0.996. The van der Waals surface area contributed by atoms with E-state index in [1.165, 1.54) is 12.1 Å². The van der Waals surface area contributed by atoms with Gasteiger partial charge in [-0.15, -0.1) is 0 Å². The van der Waals surface area contributed by atoms with E-state index in [2.05, 4.69) is 31.9 Å². The number of hydrogen-bond donors (Lipinski definition) is 1. The zero-order valence-corrected chi connectivity index (χ0v) is 18.2. The average Bonchev–Trinajstić information content (AvgIpc) is 2.90. The van der Waals surface area contributed by atoms with Gasteiger partial charge in [-0.1, -0.05) is 28.1 Å². The van der Waals surface area contributed by atoms with Crippen LogP contribution in [0.4, 0.5) is 4.39 Å². The molecule has 0 spiro atoms. The van der Waals surface area contributed by atoms with Gasteiger partial charge in [0.15, 0.2) is 0 Å². The summed E-state index contributed by atoms with van der Waals surface area (Å²) in [7, 11) is 0. The Morgan fingerprint density at radius 1 is 1.04 bits per heavy atom. The largest absolute Gasteiger partial charge is 0.508 e. The standard InChI is InChI=1S/C20H19Br2FN2O3/c21-14-6-5-13(17(26)12-14)11-18(27)24-7-2-8-25(10-9-24)20(28)19-15(22)3-1-4-16(19)23/h1,3-6,12,26H,2,7-11H2. The Balaban J connectivity index is 1.66. The van der Waals surface area contributed by atoms with Crippen LogP contribution in [0, 0.1) is 5.82 Å². The first-order valence-electron chi connectivity index (χ1n) is 8.85. The lowest BCUT2D eigenvalue weighted by atomic mass is 10.1. The van der Waals surface area contributed by atoms with E-state index in [9.17, 15) is 19.1 Å². The maximum atomic E-state index is 14.1. The molecule has 1 aliphatic rings. The zero-order valence-electron chi connectivity index (χ0n) is 15.0. The first kappa shape index (κ1) is 20.8. The fourth-order valence-electron chi connectivity index (χ4n) is 3.19. The molecule has 3 rings (SSSR count). The number of hydrogen-bond acceptors (Lipinski definition) is 3. The van der Waals surface area contributed by atoms with Crippen molar-refractivity contribution < 1.29 is 19.1 Å². The molecular weight excluding hydrogens is 495 g/mol. The number of aromatic hydroxyl groups is 1. The third-order valence-electron chi connectivity index (χ3n) is 4.70. The molecule has 0 bridgehead atoms. The predicted octanol–water partition coefficient (Wildman–Crippen LogP) is 3.97. The third kappa shape index (κ3) is 4.72. The molecule has 1 N–H and O–H groups in total. The molecule has 0 aliphatic carbocycles. The lowest BCUT2D eigenvalue weighted by Gasteiger charge is -2.23. The number of amides is 2. The molecule has 0 radical (unpaired) electrons. The van der Waals surface area contributed by atoms with E-state index in [1.807, 2.05) is 0 Å². The van der Waals surface area contributed by atoms with Crippen molar-refractivity contribution in [2.45, 2.75) is 12.8 Å². The quantitative estimate of drug-likeness (QED) is 0.675. The van der Waals surface area contributed by atoms with Crippen LogP contribution in [0.2, 0.25) is 0 Å². The first-order valence-corrected chi connectivity index (χ1v) is 10.4. The number of halogens is 3. The highest BCUT2D eigenvalue weighted by Gasteiger charge is 2.26. The number of carbonyl (C=O) groups is 2. The molecular formula is C20H19Br2FN2O3. The highest BCUT2D eigenvalue weighted by atomic mass is 79.9. The van der Waals surface area contributed by atoms with Crippen LogP contribution < -0.4 is 0 Å². The van der Waals surface area contributed by atoms with E-state index < -0.39 is 5.82 Å².